The number of rotatable bonds is 6. The van der Waals surface area contributed by atoms with E-state index in [1.165, 1.54) is 35.3 Å². The highest BCUT2D eigenvalue weighted by molar-refractivity contribution is 7.22. The van der Waals surface area contributed by atoms with Crippen molar-refractivity contribution in [3.8, 4) is 0 Å². The van der Waals surface area contributed by atoms with Crippen LogP contribution in [-0.2, 0) is 4.79 Å². The molecule has 2 aliphatic rings. The average molecular weight is 443 g/mol. The standard InChI is InChI=1S/C25H38N4OS/c1-17-13-20(4)23-22(14-17)31-25(27-23)29-10-6-21(7-11-29)24(30)26-8-5-9-28-15-18(2)12-19(3)16-28/h13-14,18-19,21H,5-12,15-16H2,1-4H3,(H,26,30)/t18-,19-/m0/s1. The van der Waals surface area contributed by atoms with Crippen LogP contribution in [0.4, 0.5) is 5.13 Å². The number of likely N-dealkylation sites (tertiary alicyclic amines) is 1. The first-order chi connectivity index (χ1) is 14.9. The summed E-state index contributed by atoms with van der Waals surface area (Å²) in [4.78, 5) is 22.5. The highest BCUT2D eigenvalue weighted by Gasteiger charge is 2.27. The predicted octanol–water partition coefficient (Wildman–Crippen LogP) is 4.61. The molecule has 4 rings (SSSR count). The first kappa shape index (κ1) is 22.5. The molecule has 2 atom stereocenters. The Morgan fingerprint density at radius 3 is 2.58 bits per heavy atom. The molecule has 3 heterocycles. The molecule has 0 unspecified atom stereocenters. The van der Waals surface area contributed by atoms with Crippen LogP contribution in [0.1, 0.15) is 50.7 Å². The summed E-state index contributed by atoms with van der Waals surface area (Å²) in [6.07, 6.45) is 4.23. The lowest BCUT2D eigenvalue weighted by atomic mass is 9.92. The summed E-state index contributed by atoms with van der Waals surface area (Å²) in [5.41, 5.74) is 3.67. The average Bonchev–Trinajstić information content (AvgIpc) is 3.15. The molecule has 0 aliphatic carbocycles. The molecule has 1 aromatic heterocycles. The molecule has 2 fully saturated rings. The number of hydrogen-bond acceptors (Lipinski definition) is 5. The molecule has 1 aromatic carbocycles. The van der Waals surface area contributed by atoms with Gasteiger partial charge in [0.1, 0.15) is 0 Å². The maximum absolute atomic E-state index is 12.7. The first-order valence-electron chi connectivity index (χ1n) is 12.0. The van der Waals surface area contributed by atoms with Crippen molar-refractivity contribution in [2.45, 2.75) is 53.4 Å². The van der Waals surface area contributed by atoms with Gasteiger partial charge in [-0.15, -0.1) is 0 Å². The number of aromatic nitrogens is 1. The topological polar surface area (TPSA) is 48.5 Å². The highest BCUT2D eigenvalue weighted by atomic mass is 32.1. The number of carbonyl (C=O) groups excluding carboxylic acids is 1. The minimum Gasteiger partial charge on any atom is -0.356 e. The number of nitrogens with one attached hydrogen (secondary N) is 1. The molecule has 6 heteroatoms. The van der Waals surface area contributed by atoms with Gasteiger partial charge in [-0.1, -0.05) is 31.3 Å². The van der Waals surface area contributed by atoms with Crippen LogP contribution in [0.25, 0.3) is 10.2 Å². The van der Waals surface area contributed by atoms with E-state index >= 15 is 0 Å². The van der Waals surface area contributed by atoms with Crippen molar-refractivity contribution in [2.24, 2.45) is 17.8 Å². The molecule has 1 N–H and O–H groups in total. The van der Waals surface area contributed by atoms with Crippen molar-refractivity contribution in [3.63, 3.8) is 0 Å². The van der Waals surface area contributed by atoms with Gasteiger partial charge in [0, 0.05) is 38.6 Å². The van der Waals surface area contributed by atoms with Crippen molar-refractivity contribution in [1.29, 1.82) is 0 Å². The van der Waals surface area contributed by atoms with Crippen LogP contribution in [-0.4, -0.2) is 55.1 Å². The van der Waals surface area contributed by atoms with E-state index in [0.29, 0.717) is 0 Å². The summed E-state index contributed by atoms with van der Waals surface area (Å²) in [7, 11) is 0. The second-order valence-corrected chi connectivity index (χ2v) is 11.0. The van der Waals surface area contributed by atoms with Crippen molar-refractivity contribution in [2.75, 3.05) is 44.2 Å². The Balaban J connectivity index is 1.21. The lowest BCUT2D eigenvalue weighted by molar-refractivity contribution is -0.125. The van der Waals surface area contributed by atoms with Crippen molar-refractivity contribution >= 4 is 32.6 Å². The fraction of sp³-hybridized carbons (Fsp3) is 0.680. The number of aryl methyl sites for hydroxylation is 2. The summed E-state index contributed by atoms with van der Waals surface area (Å²) in [6, 6.07) is 4.43. The Labute approximate surface area is 191 Å². The predicted molar refractivity (Wildman–Crippen MR) is 131 cm³/mol. The molecule has 170 valence electrons. The number of carbonyl (C=O) groups is 1. The fourth-order valence-electron chi connectivity index (χ4n) is 5.46. The van der Waals surface area contributed by atoms with E-state index in [2.05, 4.69) is 54.9 Å². The highest BCUT2D eigenvalue weighted by Crippen LogP contribution is 2.33. The van der Waals surface area contributed by atoms with Gasteiger partial charge in [-0.3, -0.25) is 4.79 Å². The van der Waals surface area contributed by atoms with E-state index in [0.717, 1.165) is 67.9 Å². The van der Waals surface area contributed by atoms with Crippen molar-refractivity contribution < 1.29 is 4.79 Å². The van der Waals surface area contributed by atoms with Gasteiger partial charge < -0.3 is 15.1 Å². The van der Waals surface area contributed by atoms with Gasteiger partial charge in [0.15, 0.2) is 5.13 Å². The second-order valence-electron chi connectivity index (χ2n) is 10.0. The third kappa shape index (κ3) is 5.58. The molecule has 5 nitrogen and oxygen atoms in total. The number of piperidine rings is 2. The second kappa shape index (κ2) is 9.86. The lowest BCUT2D eigenvalue weighted by Crippen LogP contribution is -2.42. The Morgan fingerprint density at radius 2 is 1.87 bits per heavy atom. The smallest absolute Gasteiger partial charge is 0.223 e. The quantitative estimate of drug-likeness (QED) is 0.664. The molecule has 0 bridgehead atoms. The van der Waals surface area contributed by atoms with Crippen LogP contribution in [0.5, 0.6) is 0 Å². The Bertz CT molecular complexity index is 892. The fourth-order valence-corrected chi connectivity index (χ4v) is 6.65. The van der Waals surface area contributed by atoms with Crippen LogP contribution in [0.3, 0.4) is 0 Å². The van der Waals surface area contributed by atoms with Crippen LogP contribution >= 0.6 is 11.3 Å². The van der Waals surface area contributed by atoms with Gasteiger partial charge in [-0.05, 0) is 75.1 Å². The largest absolute Gasteiger partial charge is 0.356 e. The Morgan fingerprint density at radius 1 is 1.16 bits per heavy atom. The molecule has 0 radical (unpaired) electrons. The normalized spacial score (nSPS) is 23.4. The minimum atomic E-state index is 0.143. The number of benzene rings is 1. The van der Waals surface area contributed by atoms with Crippen LogP contribution in [0, 0.1) is 31.6 Å². The maximum atomic E-state index is 12.7. The van der Waals surface area contributed by atoms with Gasteiger partial charge in [0.25, 0.3) is 0 Å². The van der Waals surface area contributed by atoms with Crippen LogP contribution in [0.15, 0.2) is 12.1 Å². The summed E-state index contributed by atoms with van der Waals surface area (Å²) in [5, 5.41) is 4.31. The number of thiazole rings is 1. The zero-order valence-corrected chi connectivity index (χ0v) is 20.4. The summed E-state index contributed by atoms with van der Waals surface area (Å²) in [5.74, 6) is 1.99. The first-order valence-corrected chi connectivity index (χ1v) is 12.8. The molecule has 0 spiro atoms. The van der Waals surface area contributed by atoms with E-state index in [1.807, 2.05) is 0 Å². The van der Waals surface area contributed by atoms with Gasteiger partial charge >= 0.3 is 0 Å². The van der Waals surface area contributed by atoms with Gasteiger partial charge in [0.05, 0.1) is 10.2 Å². The summed E-state index contributed by atoms with van der Waals surface area (Å²) in [6.45, 7) is 15.1. The van der Waals surface area contributed by atoms with Gasteiger partial charge in [-0.25, -0.2) is 4.98 Å². The number of anilines is 1. The summed E-state index contributed by atoms with van der Waals surface area (Å²) >= 11 is 1.78. The van der Waals surface area contributed by atoms with E-state index in [9.17, 15) is 4.79 Å². The molecule has 31 heavy (non-hydrogen) atoms. The van der Waals surface area contributed by atoms with E-state index in [-0.39, 0.29) is 11.8 Å². The third-order valence-electron chi connectivity index (χ3n) is 6.85. The number of nitrogens with zero attached hydrogens (tertiary/aromatic N) is 3. The molecular formula is C25H38N4OS. The third-order valence-corrected chi connectivity index (χ3v) is 7.91. The van der Waals surface area contributed by atoms with Crippen LogP contribution < -0.4 is 10.2 Å². The van der Waals surface area contributed by atoms with Crippen LogP contribution in [0.2, 0.25) is 0 Å². The van der Waals surface area contributed by atoms with Crippen molar-refractivity contribution in [1.82, 2.24) is 15.2 Å². The van der Waals surface area contributed by atoms with Gasteiger partial charge in [-0.2, -0.15) is 0 Å². The Kier molecular flexibility index (Phi) is 7.17. The molecule has 2 saturated heterocycles. The molecular weight excluding hydrogens is 404 g/mol. The molecule has 1 amide bonds. The minimum absolute atomic E-state index is 0.143. The Hall–Kier alpha value is -1.66. The molecule has 2 aliphatic heterocycles. The number of fused-ring (bicyclic) bond motifs is 1. The SMILES string of the molecule is Cc1cc(C)c2nc(N3CCC(C(=O)NCCCN4C[C@@H](C)C[C@H](C)C4)CC3)sc2c1. The van der Waals surface area contributed by atoms with E-state index in [4.69, 9.17) is 4.98 Å². The van der Waals surface area contributed by atoms with E-state index < -0.39 is 0 Å². The zero-order valence-electron chi connectivity index (χ0n) is 19.6. The maximum Gasteiger partial charge on any atom is 0.223 e. The molecule has 0 saturated carbocycles. The lowest BCUT2D eigenvalue weighted by Gasteiger charge is -2.35. The number of amides is 1. The van der Waals surface area contributed by atoms with Gasteiger partial charge in [0.2, 0.25) is 5.91 Å². The zero-order chi connectivity index (χ0) is 22.0. The molecule has 2 aromatic rings. The monoisotopic (exact) mass is 442 g/mol. The number of hydrogen-bond donors (Lipinski definition) is 1. The van der Waals surface area contributed by atoms with E-state index in [1.54, 1.807) is 11.3 Å². The van der Waals surface area contributed by atoms with Crippen molar-refractivity contribution in [3.05, 3.63) is 23.3 Å². The summed E-state index contributed by atoms with van der Waals surface area (Å²) < 4.78 is 1.27.